The molecule has 6 heteroatoms. The quantitative estimate of drug-likeness (QED) is 0.741. The number of halogens is 1. The molecule has 22 heavy (non-hydrogen) atoms. The summed E-state index contributed by atoms with van der Waals surface area (Å²) in [4.78, 5) is 2.32. The molecular formula is C16H16BrN2O2S-. The fourth-order valence-corrected chi connectivity index (χ4v) is 3.51. The lowest BCUT2D eigenvalue weighted by Crippen LogP contribution is -2.19. The minimum atomic E-state index is -1.64. The van der Waals surface area contributed by atoms with Crippen molar-refractivity contribution in [2.45, 2.75) is 13.0 Å². The molecule has 0 bridgehead atoms. The first-order valence-electron chi connectivity index (χ1n) is 6.97. The van der Waals surface area contributed by atoms with Crippen LogP contribution in [0, 0.1) is 0 Å². The number of hydrogen-bond acceptors (Lipinski definition) is 5. The van der Waals surface area contributed by atoms with Crippen LogP contribution in [0.25, 0.3) is 0 Å². The van der Waals surface area contributed by atoms with Gasteiger partial charge in [0, 0.05) is 41.6 Å². The van der Waals surface area contributed by atoms with Crippen LogP contribution >= 0.6 is 15.9 Å². The minimum absolute atomic E-state index is 0.736. The molecular weight excluding hydrogens is 364 g/mol. The Balaban J connectivity index is 1.95. The Bertz CT molecular complexity index is 758. The van der Waals surface area contributed by atoms with E-state index in [1.165, 1.54) is 12.7 Å². The lowest BCUT2D eigenvalue weighted by atomic mass is 10.1. The van der Waals surface area contributed by atoms with E-state index in [2.05, 4.69) is 55.5 Å². The van der Waals surface area contributed by atoms with Gasteiger partial charge in [0.2, 0.25) is 0 Å². The Morgan fingerprint density at radius 1 is 1.32 bits per heavy atom. The maximum atomic E-state index is 11.6. The van der Waals surface area contributed by atoms with E-state index < -0.39 is 10.9 Å². The smallest absolute Gasteiger partial charge is 0.0449 e. The third-order valence-electron chi connectivity index (χ3n) is 3.67. The SMILES string of the molecule is CO[S-](=O)=Nc1cc(Br)cc2c1CCN2Cc1ccccc1. The zero-order valence-electron chi connectivity index (χ0n) is 12.2. The van der Waals surface area contributed by atoms with Crippen LogP contribution < -0.4 is 4.90 Å². The Morgan fingerprint density at radius 2 is 2.09 bits per heavy atom. The zero-order chi connectivity index (χ0) is 15.5. The summed E-state index contributed by atoms with van der Waals surface area (Å²) in [6.45, 7) is 1.79. The lowest BCUT2D eigenvalue weighted by Gasteiger charge is -2.20. The topological polar surface area (TPSA) is 41.9 Å². The van der Waals surface area contributed by atoms with E-state index in [9.17, 15) is 4.21 Å². The van der Waals surface area contributed by atoms with Gasteiger partial charge < -0.3 is 17.7 Å². The van der Waals surface area contributed by atoms with Gasteiger partial charge >= 0.3 is 0 Å². The summed E-state index contributed by atoms with van der Waals surface area (Å²) in [5.41, 5.74) is 4.28. The summed E-state index contributed by atoms with van der Waals surface area (Å²) in [5, 5.41) is 0. The Labute approximate surface area is 140 Å². The van der Waals surface area contributed by atoms with Gasteiger partial charge in [0.25, 0.3) is 0 Å². The summed E-state index contributed by atoms with van der Waals surface area (Å²) < 4.78 is 21.4. The first-order valence-corrected chi connectivity index (χ1v) is 8.79. The molecule has 0 saturated carbocycles. The molecule has 0 fully saturated rings. The van der Waals surface area contributed by atoms with Crippen LogP contribution in [0.2, 0.25) is 0 Å². The van der Waals surface area contributed by atoms with Crippen molar-refractivity contribution in [2.24, 2.45) is 4.36 Å². The second kappa shape index (κ2) is 6.81. The van der Waals surface area contributed by atoms with Gasteiger partial charge in [-0.3, -0.25) is 0 Å². The van der Waals surface area contributed by atoms with Gasteiger partial charge in [-0.1, -0.05) is 57.1 Å². The maximum absolute atomic E-state index is 11.6. The average molecular weight is 380 g/mol. The van der Waals surface area contributed by atoms with Crippen LogP contribution in [0.15, 0.2) is 51.3 Å². The molecule has 0 aromatic heterocycles. The number of hydrogen-bond donors (Lipinski definition) is 0. The third-order valence-corrected chi connectivity index (χ3v) is 4.76. The molecule has 116 valence electrons. The molecule has 1 heterocycles. The predicted octanol–water partition coefficient (Wildman–Crippen LogP) is 4.35. The first kappa shape index (κ1) is 15.5. The number of fused-ring (bicyclic) bond motifs is 1. The summed E-state index contributed by atoms with van der Waals surface area (Å²) in [6, 6.07) is 14.4. The molecule has 0 N–H and O–H groups in total. The second-order valence-corrected chi connectivity index (χ2v) is 6.92. The van der Waals surface area contributed by atoms with Crippen molar-refractivity contribution in [3.8, 4) is 0 Å². The summed E-state index contributed by atoms with van der Waals surface area (Å²) >= 11 is 3.51. The summed E-state index contributed by atoms with van der Waals surface area (Å²) in [6.07, 6.45) is 0.898. The molecule has 0 radical (unpaired) electrons. The van der Waals surface area contributed by atoms with Gasteiger partial charge in [-0.2, -0.15) is 0 Å². The standard InChI is InChI=1S/C16H16BrN2O2S/c1-21-22(20)18-15-9-13(17)10-16-14(15)7-8-19(16)11-12-5-3-2-4-6-12/h2-6,9-10H,7-8,11H2,1H3/q-1. The predicted molar refractivity (Wildman–Crippen MR) is 92.5 cm³/mol. The molecule has 3 rings (SSSR count). The molecule has 1 aliphatic rings. The van der Waals surface area contributed by atoms with Crippen LogP contribution in [0.4, 0.5) is 11.4 Å². The van der Waals surface area contributed by atoms with Crippen LogP contribution in [0.1, 0.15) is 11.1 Å². The van der Waals surface area contributed by atoms with Crippen LogP contribution in [-0.4, -0.2) is 13.7 Å². The van der Waals surface area contributed by atoms with E-state index >= 15 is 0 Å². The average Bonchev–Trinajstić information content (AvgIpc) is 2.91. The molecule has 0 saturated heterocycles. The zero-order valence-corrected chi connectivity index (χ0v) is 14.6. The van der Waals surface area contributed by atoms with Crippen LogP contribution in [0.5, 0.6) is 0 Å². The Hall–Kier alpha value is -1.37. The molecule has 0 amide bonds. The minimum Gasteiger partial charge on any atom is -0.441 e. The van der Waals surface area contributed by atoms with Crippen LogP contribution in [-0.2, 0) is 32.2 Å². The monoisotopic (exact) mass is 379 g/mol. The van der Waals surface area contributed by atoms with Crippen molar-refractivity contribution in [3.05, 3.63) is 58.1 Å². The fourth-order valence-electron chi connectivity index (χ4n) is 2.68. The van der Waals surface area contributed by atoms with E-state index in [1.54, 1.807) is 0 Å². The molecule has 4 nitrogen and oxygen atoms in total. The highest BCUT2D eigenvalue weighted by atomic mass is 79.9. The molecule has 0 atom stereocenters. The first-order chi connectivity index (χ1) is 10.7. The highest BCUT2D eigenvalue weighted by Gasteiger charge is 2.22. The van der Waals surface area contributed by atoms with Crippen molar-refractivity contribution in [3.63, 3.8) is 0 Å². The highest BCUT2D eigenvalue weighted by Crippen LogP contribution is 2.39. The maximum Gasteiger partial charge on any atom is 0.0449 e. The van der Waals surface area contributed by atoms with Gasteiger partial charge in [0.15, 0.2) is 0 Å². The van der Waals surface area contributed by atoms with Gasteiger partial charge in [-0.25, -0.2) is 0 Å². The molecule has 2 aromatic rings. The molecule has 1 aliphatic heterocycles. The van der Waals surface area contributed by atoms with Crippen molar-refractivity contribution in [1.29, 1.82) is 0 Å². The Morgan fingerprint density at radius 3 is 2.82 bits per heavy atom. The fraction of sp³-hybridized carbons (Fsp3) is 0.250. The van der Waals surface area contributed by atoms with E-state index in [-0.39, 0.29) is 0 Å². The number of benzene rings is 2. The van der Waals surface area contributed by atoms with Gasteiger partial charge in [-0.15, -0.1) is 0 Å². The third kappa shape index (κ3) is 3.34. The number of nitrogens with zero attached hydrogens (tertiary/aromatic N) is 2. The lowest BCUT2D eigenvalue weighted by molar-refractivity contribution is 0.438. The van der Waals surface area contributed by atoms with E-state index in [0.717, 1.165) is 40.9 Å². The van der Waals surface area contributed by atoms with Crippen LogP contribution in [0.3, 0.4) is 0 Å². The van der Waals surface area contributed by atoms with Gasteiger partial charge in [0.1, 0.15) is 0 Å². The second-order valence-electron chi connectivity index (χ2n) is 5.05. The van der Waals surface area contributed by atoms with Crippen molar-refractivity contribution < 1.29 is 8.39 Å². The van der Waals surface area contributed by atoms with Crippen molar-refractivity contribution in [1.82, 2.24) is 0 Å². The largest absolute Gasteiger partial charge is 0.441 e. The number of anilines is 1. The number of rotatable bonds is 4. The molecule has 0 spiro atoms. The highest BCUT2D eigenvalue weighted by molar-refractivity contribution is 9.10. The van der Waals surface area contributed by atoms with E-state index in [1.807, 2.05) is 12.1 Å². The van der Waals surface area contributed by atoms with Gasteiger partial charge in [-0.05, 0) is 24.1 Å². The molecule has 0 aliphatic carbocycles. The summed E-state index contributed by atoms with van der Waals surface area (Å²) in [7, 11) is -0.254. The summed E-state index contributed by atoms with van der Waals surface area (Å²) in [5.74, 6) is 0. The van der Waals surface area contributed by atoms with Crippen molar-refractivity contribution >= 4 is 38.2 Å². The van der Waals surface area contributed by atoms with Gasteiger partial charge in [0.05, 0.1) is 0 Å². The Kier molecular flexibility index (Phi) is 4.81. The van der Waals surface area contributed by atoms with E-state index in [0.29, 0.717) is 0 Å². The normalized spacial score (nSPS) is 15.1. The van der Waals surface area contributed by atoms with E-state index in [4.69, 9.17) is 4.18 Å². The molecule has 0 unspecified atom stereocenters. The van der Waals surface area contributed by atoms with Crippen molar-refractivity contribution in [2.75, 3.05) is 18.6 Å². The molecule has 2 aromatic carbocycles.